The molecule has 6 nitrogen and oxygen atoms in total. The van der Waals surface area contributed by atoms with Gasteiger partial charge >= 0.3 is 0 Å². The Morgan fingerprint density at radius 3 is 2.73 bits per heavy atom. The summed E-state index contributed by atoms with van der Waals surface area (Å²) >= 11 is 1.71. The number of anilines is 2. The van der Waals surface area contributed by atoms with Gasteiger partial charge in [0, 0.05) is 17.1 Å². The molecule has 0 saturated carbocycles. The van der Waals surface area contributed by atoms with Crippen LogP contribution < -0.4 is 16.0 Å². The predicted molar refractivity (Wildman–Crippen MR) is 120 cm³/mol. The van der Waals surface area contributed by atoms with E-state index in [2.05, 4.69) is 47.1 Å². The lowest BCUT2D eigenvalue weighted by Gasteiger charge is -2.27. The third kappa shape index (κ3) is 4.86. The molecular weight excluding hydrogens is 398 g/mol. The third-order valence-electron chi connectivity index (χ3n) is 4.86. The van der Waals surface area contributed by atoms with Crippen molar-refractivity contribution in [2.45, 2.75) is 25.3 Å². The highest BCUT2D eigenvalue weighted by Crippen LogP contribution is 2.29. The molecule has 154 valence electrons. The molecule has 7 heteroatoms. The summed E-state index contributed by atoms with van der Waals surface area (Å²) < 4.78 is 5.22. The predicted octanol–water partition coefficient (Wildman–Crippen LogP) is 4.18. The van der Waals surface area contributed by atoms with E-state index in [1.54, 1.807) is 42.3 Å². The Morgan fingerprint density at radius 2 is 1.97 bits per heavy atom. The molecule has 0 aliphatic carbocycles. The van der Waals surface area contributed by atoms with Gasteiger partial charge in [0.2, 0.25) is 5.91 Å². The lowest BCUT2D eigenvalue weighted by molar-refractivity contribution is -0.116. The molecule has 0 spiro atoms. The van der Waals surface area contributed by atoms with Crippen molar-refractivity contribution in [3.8, 4) is 0 Å². The largest absolute Gasteiger partial charge is 0.467 e. The van der Waals surface area contributed by atoms with Crippen molar-refractivity contribution >= 4 is 35.0 Å². The highest BCUT2D eigenvalue weighted by molar-refractivity contribution is 7.98. The van der Waals surface area contributed by atoms with E-state index < -0.39 is 0 Å². The van der Waals surface area contributed by atoms with Gasteiger partial charge < -0.3 is 20.4 Å². The molecule has 0 bridgehead atoms. The molecule has 1 aromatic heterocycles. The third-order valence-corrected chi connectivity index (χ3v) is 5.97. The van der Waals surface area contributed by atoms with Crippen molar-refractivity contribution in [1.82, 2.24) is 5.32 Å². The van der Waals surface area contributed by atoms with Gasteiger partial charge in [-0.15, -0.1) is 0 Å². The van der Waals surface area contributed by atoms with Crippen LogP contribution >= 0.6 is 11.8 Å². The fourth-order valence-electron chi connectivity index (χ4n) is 3.17. The van der Waals surface area contributed by atoms with Gasteiger partial charge in [-0.3, -0.25) is 9.59 Å². The van der Waals surface area contributed by atoms with Crippen molar-refractivity contribution in [2.24, 2.45) is 0 Å². The molecule has 0 radical (unpaired) electrons. The quantitative estimate of drug-likeness (QED) is 0.533. The molecule has 2 heterocycles. The van der Waals surface area contributed by atoms with Crippen LogP contribution in [0.4, 0.5) is 11.4 Å². The molecule has 0 saturated heterocycles. The second-order valence-electron chi connectivity index (χ2n) is 7.21. The number of furan rings is 1. The fourth-order valence-corrected chi connectivity index (χ4v) is 4.18. The lowest BCUT2D eigenvalue weighted by atomic mass is 10.1. The molecule has 1 aliphatic rings. The van der Waals surface area contributed by atoms with Crippen LogP contribution in [0, 0.1) is 6.92 Å². The monoisotopic (exact) mass is 421 g/mol. The van der Waals surface area contributed by atoms with E-state index in [-0.39, 0.29) is 17.9 Å². The molecular formula is C23H23N3O3S. The molecule has 2 amide bonds. The van der Waals surface area contributed by atoms with Gasteiger partial charge in [-0.05, 0) is 42.8 Å². The summed E-state index contributed by atoms with van der Waals surface area (Å²) in [5, 5.41) is 9.01. The minimum Gasteiger partial charge on any atom is -0.467 e. The first-order chi connectivity index (χ1) is 14.6. The zero-order valence-electron chi connectivity index (χ0n) is 16.6. The Labute approximate surface area is 179 Å². The summed E-state index contributed by atoms with van der Waals surface area (Å²) in [6.07, 6.45) is 1.57. The van der Waals surface area contributed by atoms with E-state index in [1.807, 2.05) is 6.07 Å². The van der Waals surface area contributed by atoms with Crippen molar-refractivity contribution < 1.29 is 14.0 Å². The summed E-state index contributed by atoms with van der Waals surface area (Å²) in [4.78, 5) is 24.9. The maximum Gasteiger partial charge on any atom is 0.251 e. The van der Waals surface area contributed by atoms with Gasteiger partial charge in [0.25, 0.3) is 5.91 Å². The van der Waals surface area contributed by atoms with Gasteiger partial charge in [0.05, 0.1) is 24.2 Å². The summed E-state index contributed by atoms with van der Waals surface area (Å²) in [5.41, 5.74) is 4.40. The Morgan fingerprint density at radius 1 is 1.13 bits per heavy atom. The molecule has 1 atom stereocenters. The van der Waals surface area contributed by atoms with Crippen molar-refractivity contribution in [2.75, 3.05) is 16.4 Å². The van der Waals surface area contributed by atoms with Crippen LogP contribution in [0.15, 0.2) is 65.3 Å². The Balaban J connectivity index is 1.33. The number of benzene rings is 2. The number of rotatable bonds is 7. The van der Waals surface area contributed by atoms with Crippen LogP contribution in [0.5, 0.6) is 0 Å². The molecule has 2 aromatic carbocycles. The molecule has 0 fully saturated rings. The number of amides is 2. The van der Waals surface area contributed by atoms with E-state index in [0.717, 1.165) is 11.4 Å². The number of carbonyl (C=O) groups is 2. The maximum absolute atomic E-state index is 12.5. The molecule has 4 rings (SSSR count). The maximum atomic E-state index is 12.5. The first-order valence-electron chi connectivity index (χ1n) is 9.74. The van der Waals surface area contributed by atoms with E-state index in [9.17, 15) is 9.59 Å². The number of hydrogen-bond donors (Lipinski definition) is 3. The standard InChI is InChI=1S/C23H23N3O3S/c1-15-4-6-16(7-5-15)13-30-14-21-23(28)26-20-11-17(8-9-19(20)25-21)22(27)24-12-18-3-2-10-29-18/h2-11,21,25H,12-14H2,1H3,(H,24,27)(H,26,28). The SMILES string of the molecule is Cc1ccc(CSCC2Nc3ccc(C(=O)NCc4ccco4)cc3NC2=O)cc1. The van der Waals surface area contributed by atoms with E-state index in [4.69, 9.17) is 4.42 Å². The number of nitrogens with one attached hydrogen (secondary N) is 3. The van der Waals surface area contributed by atoms with E-state index in [1.165, 1.54) is 11.1 Å². The number of thioether (sulfide) groups is 1. The van der Waals surface area contributed by atoms with Gasteiger partial charge in [-0.25, -0.2) is 0 Å². The lowest BCUT2D eigenvalue weighted by Crippen LogP contribution is -2.40. The van der Waals surface area contributed by atoms with Crippen LogP contribution in [-0.4, -0.2) is 23.6 Å². The topological polar surface area (TPSA) is 83.4 Å². The van der Waals surface area contributed by atoms with Crippen molar-refractivity contribution in [3.63, 3.8) is 0 Å². The average molecular weight is 422 g/mol. The number of aryl methyl sites for hydroxylation is 1. The highest BCUT2D eigenvalue weighted by Gasteiger charge is 2.26. The van der Waals surface area contributed by atoms with Crippen LogP contribution in [0.25, 0.3) is 0 Å². The average Bonchev–Trinajstić information content (AvgIpc) is 3.27. The molecule has 3 N–H and O–H groups in total. The van der Waals surface area contributed by atoms with Crippen LogP contribution in [-0.2, 0) is 17.1 Å². The van der Waals surface area contributed by atoms with Crippen LogP contribution in [0.1, 0.15) is 27.2 Å². The summed E-state index contributed by atoms with van der Waals surface area (Å²) in [6, 6.07) is 16.9. The molecule has 30 heavy (non-hydrogen) atoms. The van der Waals surface area contributed by atoms with E-state index in [0.29, 0.717) is 29.3 Å². The Kier molecular flexibility index (Phi) is 6.09. The van der Waals surface area contributed by atoms with Crippen LogP contribution in [0.3, 0.4) is 0 Å². The number of carbonyl (C=O) groups excluding carboxylic acids is 2. The van der Waals surface area contributed by atoms with E-state index >= 15 is 0 Å². The normalized spacial score (nSPS) is 15.1. The van der Waals surface area contributed by atoms with Gasteiger partial charge in [0.15, 0.2) is 0 Å². The minimum atomic E-state index is -0.313. The zero-order valence-corrected chi connectivity index (χ0v) is 17.4. The van der Waals surface area contributed by atoms with Gasteiger partial charge in [-0.1, -0.05) is 29.8 Å². The minimum absolute atomic E-state index is 0.0907. The van der Waals surface area contributed by atoms with Crippen LogP contribution in [0.2, 0.25) is 0 Å². The fraction of sp³-hybridized carbons (Fsp3) is 0.217. The van der Waals surface area contributed by atoms with Gasteiger partial charge in [-0.2, -0.15) is 11.8 Å². The highest BCUT2D eigenvalue weighted by atomic mass is 32.2. The molecule has 1 aliphatic heterocycles. The first-order valence-corrected chi connectivity index (χ1v) is 10.9. The van der Waals surface area contributed by atoms with Crippen molar-refractivity contribution in [1.29, 1.82) is 0 Å². The molecule has 1 unspecified atom stereocenters. The van der Waals surface area contributed by atoms with Crippen molar-refractivity contribution in [3.05, 3.63) is 83.3 Å². The Hall–Kier alpha value is -3.19. The number of hydrogen-bond acceptors (Lipinski definition) is 5. The zero-order chi connectivity index (χ0) is 20.9. The smallest absolute Gasteiger partial charge is 0.251 e. The second-order valence-corrected chi connectivity index (χ2v) is 8.24. The molecule has 3 aromatic rings. The number of fused-ring (bicyclic) bond motifs is 1. The van der Waals surface area contributed by atoms with Gasteiger partial charge in [0.1, 0.15) is 11.8 Å². The Bertz CT molecular complexity index is 1030. The second kappa shape index (κ2) is 9.09. The summed E-state index contributed by atoms with van der Waals surface area (Å²) in [6.45, 7) is 2.38. The first kappa shape index (κ1) is 20.1. The summed E-state index contributed by atoms with van der Waals surface area (Å²) in [7, 11) is 0. The summed E-state index contributed by atoms with van der Waals surface area (Å²) in [5.74, 6) is 1.88.